The van der Waals surface area contributed by atoms with Gasteiger partial charge in [0.15, 0.2) is 0 Å². The van der Waals surface area contributed by atoms with Crippen molar-refractivity contribution in [2.24, 2.45) is 0 Å². The molecule has 0 fully saturated rings. The van der Waals surface area contributed by atoms with Crippen LogP contribution in [0.1, 0.15) is 45.1 Å². The molecular formula is C11H20N4O. The van der Waals surface area contributed by atoms with Crippen molar-refractivity contribution in [3.8, 4) is 0 Å². The van der Waals surface area contributed by atoms with Gasteiger partial charge in [-0.25, -0.2) is 4.98 Å². The maximum Gasteiger partial charge on any atom is 0.269 e. The van der Waals surface area contributed by atoms with E-state index in [-0.39, 0.29) is 17.5 Å². The maximum atomic E-state index is 11.7. The molecular weight excluding hydrogens is 204 g/mol. The molecule has 0 aliphatic heterocycles. The molecule has 5 heteroatoms. The van der Waals surface area contributed by atoms with Crippen LogP contribution in [0.3, 0.4) is 0 Å². The highest BCUT2D eigenvalue weighted by Crippen LogP contribution is 2.06. The maximum absolute atomic E-state index is 11.7. The van der Waals surface area contributed by atoms with Crippen LogP contribution >= 0.6 is 0 Å². The number of rotatable bonds is 3. The minimum Gasteiger partial charge on any atom is -0.354 e. The lowest BCUT2D eigenvalue weighted by atomic mass is 10.1. The first-order valence-corrected chi connectivity index (χ1v) is 5.42. The van der Waals surface area contributed by atoms with Crippen LogP contribution in [0.25, 0.3) is 0 Å². The van der Waals surface area contributed by atoms with Crippen LogP contribution in [-0.4, -0.2) is 27.5 Å². The van der Waals surface area contributed by atoms with Gasteiger partial charge in [0, 0.05) is 11.6 Å². The third kappa shape index (κ3) is 3.92. The van der Waals surface area contributed by atoms with Gasteiger partial charge in [0.1, 0.15) is 5.69 Å². The zero-order valence-electron chi connectivity index (χ0n) is 10.5. The number of hydrogen-bond donors (Lipinski definition) is 3. The number of imidazole rings is 1. The Labute approximate surface area is 96.0 Å². The number of aromatic nitrogens is 2. The summed E-state index contributed by atoms with van der Waals surface area (Å²) in [5.41, 5.74) is 0.228. The fraction of sp³-hybridized carbons (Fsp3) is 0.636. The largest absolute Gasteiger partial charge is 0.354 e. The number of nitrogens with one attached hydrogen (secondary N) is 3. The first kappa shape index (κ1) is 12.5. The van der Waals surface area contributed by atoms with Crippen LogP contribution in [0.4, 0.5) is 5.95 Å². The van der Waals surface area contributed by atoms with Gasteiger partial charge < -0.3 is 15.6 Å². The second-order valence-electron chi connectivity index (χ2n) is 5.15. The zero-order chi connectivity index (χ0) is 12.3. The molecule has 0 spiro atoms. The van der Waals surface area contributed by atoms with Crippen LogP contribution in [0, 0.1) is 0 Å². The van der Waals surface area contributed by atoms with Crippen molar-refractivity contribution in [2.45, 2.75) is 46.2 Å². The Kier molecular flexibility index (Phi) is 3.57. The van der Waals surface area contributed by atoms with Crippen LogP contribution in [-0.2, 0) is 0 Å². The molecule has 3 N–H and O–H groups in total. The number of hydrogen-bond acceptors (Lipinski definition) is 3. The molecule has 5 nitrogen and oxygen atoms in total. The highest BCUT2D eigenvalue weighted by molar-refractivity contribution is 5.92. The Hall–Kier alpha value is -1.52. The summed E-state index contributed by atoms with van der Waals surface area (Å²) >= 11 is 0. The second kappa shape index (κ2) is 4.55. The van der Waals surface area contributed by atoms with Gasteiger partial charge in [-0.15, -0.1) is 0 Å². The van der Waals surface area contributed by atoms with E-state index in [1.807, 2.05) is 34.6 Å². The number of anilines is 1. The summed E-state index contributed by atoms with van der Waals surface area (Å²) in [5.74, 6) is 0.478. The molecule has 90 valence electrons. The van der Waals surface area contributed by atoms with Gasteiger partial charge in [0.2, 0.25) is 5.95 Å². The number of carbonyl (C=O) groups is 1. The Morgan fingerprint density at radius 3 is 2.56 bits per heavy atom. The molecule has 1 aromatic rings. The molecule has 0 saturated heterocycles. The molecule has 16 heavy (non-hydrogen) atoms. The van der Waals surface area contributed by atoms with Crippen molar-refractivity contribution >= 4 is 11.9 Å². The molecule has 0 aromatic carbocycles. The normalized spacial score (nSPS) is 11.6. The minimum absolute atomic E-state index is 0.142. The van der Waals surface area contributed by atoms with Gasteiger partial charge >= 0.3 is 0 Å². The Morgan fingerprint density at radius 2 is 2.06 bits per heavy atom. The van der Waals surface area contributed by atoms with E-state index in [9.17, 15) is 4.79 Å². The molecule has 0 atom stereocenters. The number of H-pyrrole nitrogens is 1. The van der Waals surface area contributed by atoms with Gasteiger partial charge in [-0.2, -0.15) is 0 Å². The quantitative estimate of drug-likeness (QED) is 0.732. The number of aromatic amines is 1. The molecule has 0 bridgehead atoms. The van der Waals surface area contributed by atoms with Gasteiger partial charge in [0.05, 0.1) is 6.20 Å². The fourth-order valence-corrected chi connectivity index (χ4v) is 1.19. The average Bonchev–Trinajstić information content (AvgIpc) is 2.48. The predicted octanol–water partition coefficient (Wildman–Crippen LogP) is 1.76. The predicted molar refractivity (Wildman–Crippen MR) is 64.6 cm³/mol. The lowest BCUT2D eigenvalue weighted by molar-refractivity contribution is 0.0915. The van der Waals surface area contributed by atoms with Crippen LogP contribution in [0.2, 0.25) is 0 Å². The Morgan fingerprint density at radius 1 is 1.44 bits per heavy atom. The monoisotopic (exact) mass is 224 g/mol. The number of nitrogens with zero attached hydrogens (tertiary/aromatic N) is 1. The number of amides is 1. The summed E-state index contributed by atoms with van der Waals surface area (Å²) in [6, 6.07) is 0.282. The van der Waals surface area contributed by atoms with Crippen LogP contribution in [0.15, 0.2) is 6.20 Å². The van der Waals surface area contributed by atoms with Crippen molar-refractivity contribution in [3.05, 3.63) is 11.9 Å². The van der Waals surface area contributed by atoms with E-state index in [1.165, 1.54) is 6.20 Å². The molecule has 0 unspecified atom stereocenters. The van der Waals surface area contributed by atoms with E-state index >= 15 is 0 Å². The van der Waals surface area contributed by atoms with Gasteiger partial charge in [-0.3, -0.25) is 4.79 Å². The standard InChI is InChI=1S/C11H20N4O/c1-7(2)13-10-12-6-8(14-10)9(16)15-11(3,4)5/h6-7H,1-5H3,(H,15,16)(H2,12,13,14). The summed E-state index contributed by atoms with van der Waals surface area (Å²) in [4.78, 5) is 18.8. The van der Waals surface area contributed by atoms with E-state index in [0.717, 1.165) is 0 Å². The average molecular weight is 224 g/mol. The lowest BCUT2D eigenvalue weighted by Gasteiger charge is -2.19. The van der Waals surface area contributed by atoms with Gasteiger partial charge in [-0.1, -0.05) is 0 Å². The SMILES string of the molecule is CC(C)Nc1ncc(C(=O)NC(C)(C)C)[nH]1. The highest BCUT2D eigenvalue weighted by Gasteiger charge is 2.16. The molecule has 1 aromatic heterocycles. The van der Waals surface area contributed by atoms with Crippen molar-refractivity contribution in [2.75, 3.05) is 5.32 Å². The molecule has 1 amide bonds. The highest BCUT2D eigenvalue weighted by atomic mass is 16.2. The summed E-state index contributed by atoms with van der Waals surface area (Å²) in [6.45, 7) is 9.84. The summed E-state index contributed by atoms with van der Waals surface area (Å²) in [5, 5.41) is 5.96. The zero-order valence-corrected chi connectivity index (χ0v) is 10.5. The minimum atomic E-state index is -0.242. The first-order valence-electron chi connectivity index (χ1n) is 5.42. The van der Waals surface area contributed by atoms with Crippen molar-refractivity contribution in [3.63, 3.8) is 0 Å². The van der Waals surface area contributed by atoms with Crippen LogP contribution in [0.5, 0.6) is 0 Å². The van der Waals surface area contributed by atoms with E-state index in [1.54, 1.807) is 0 Å². The first-order chi connectivity index (χ1) is 7.28. The van der Waals surface area contributed by atoms with Gasteiger partial charge in [0.25, 0.3) is 5.91 Å². The number of carbonyl (C=O) groups excluding carboxylic acids is 1. The van der Waals surface area contributed by atoms with E-state index in [4.69, 9.17) is 0 Å². The molecule has 0 aliphatic carbocycles. The third-order valence-corrected chi connectivity index (χ3v) is 1.73. The summed E-state index contributed by atoms with van der Waals surface area (Å²) in [6.07, 6.45) is 1.53. The summed E-state index contributed by atoms with van der Waals surface area (Å²) < 4.78 is 0. The fourth-order valence-electron chi connectivity index (χ4n) is 1.19. The van der Waals surface area contributed by atoms with Crippen molar-refractivity contribution in [1.29, 1.82) is 0 Å². The molecule has 0 aliphatic rings. The van der Waals surface area contributed by atoms with E-state index in [0.29, 0.717) is 11.6 Å². The third-order valence-electron chi connectivity index (χ3n) is 1.73. The van der Waals surface area contributed by atoms with Crippen LogP contribution < -0.4 is 10.6 Å². The molecule has 0 radical (unpaired) electrons. The van der Waals surface area contributed by atoms with Crippen molar-refractivity contribution < 1.29 is 4.79 Å². The van der Waals surface area contributed by atoms with Gasteiger partial charge in [-0.05, 0) is 34.6 Å². The van der Waals surface area contributed by atoms with E-state index in [2.05, 4.69) is 20.6 Å². The Bertz CT molecular complexity index is 362. The van der Waals surface area contributed by atoms with Crippen molar-refractivity contribution in [1.82, 2.24) is 15.3 Å². The molecule has 1 heterocycles. The lowest BCUT2D eigenvalue weighted by Crippen LogP contribution is -2.40. The Balaban J connectivity index is 2.67. The topological polar surface area (TPSA) is 69.8 Å². The van der Waals surface area contributed by atoms with E-state index < -0.39 is 0 Å². The molecule has 1 rings (SSSR count). The molecule has 0 saturated carbocycles. The summed E-state index contributed by atoms with van der Waals surface area (Å²) in [7, 11) is 0. The smallest absolute Gasteiger partial charge is 0.269 e. The second-order valence-corrected chi connectivity index (χ2v) is 5.15.